The topological polar surface area (TPSA) is 51.2 Å². The van der Waals surface area contributed by atoms with Gasteiger partial charge in [-0.15, -0.1) is 6.42 Å². The minimum absolute atomic E-state index is 0.0903. The van der Waals surface area contributed by atoms with Gasteiger partial charge < -0.3 is 10.1 Å². The summed E-state index contributed by atoms with van der Waals surface area (Å²) in [6.45, 7) is 0. The Kier molecular flexibility index (Phi) is 5.35. The van der Waals surface area contributed by atoms with Crippen LogP contribution >= 0.6 is 0 Å². The summed E-state index contributed by atoms with van der Waals surface area (Å²) in [6, 6.07) is 17.8. The number of methoxy groups -OCH3 is 1. The van der Waals surface area contributed by atoms with Gasteiger partial charge >= 0.3 is 0 Å². The van der Waals surface area contributed by atoms with Crippen molar-refractivity contribution >= 4 is 5.91 Å². The van der Waals surface area contributed by atoms with Crippen LogP contribution in [0.1, 0.15) is 34.3 Å². The summed E-state index contributed by atoms with van der Waals surface area (Å²) in [6.07, 6.45) is 8.05. The van der Waals surface area contributed by atoms with E-state index < -0.39 is 5.54 Å². The first-order valence-electron chi connectivity index (χ1n) is 9.67. The van der Waals surface area contributed by atoms with E-state index in [1.807, 2.05) is 24.3 Å². The molecule has 0 aliphatic heterocycles. The lowest BCUT2D eigenvalue weighted by atomic mass is 9.69. The van der Waals surface area contributed by atoms with E-state index in [0.717, 1.165) is 16.7 Å². The third-order valence-electron chi connectivity index (χ3n) is 5.61. The summed E-state index contributed by atoms with van der Waals surface area (Å²) in [5, 5.41) is 3.20. The normalized spacial score (nSPS) is 20.1. The van der Waals surface area contributed by atoms with E-state index in [-0.39, 0.29) is 17.8 Å². The van der Waals surface area contributed by atoms with Gasteiger partial charge in [-0.3, -0.25) is 9.78 Å². The van der Waals surface area contributed by atoms with Crippen molar-refractivity contribution in [2.24, 2.45) is 0 Å². The number of rotatable bonds is 5. The zero-order chi connectivity index (χ0) is 21.1. The van der Waals surface area contributed by atoms with Gasteiger partial charge in [0.1, 0.15) is 5.82 Å². The molecule has 150 valence electrons. The van der Waals surface area contributed by atoms with Crippen LogP contribution in [0.25, 0.3) is 11.3 Å². The highest BCUT2D eigenvalue weighted by atomic mass is 19.1. The summed E-state index contributed by atoms with van der Waals surface area (Å²) in [5.41, 5.74) is 3.36. The standard InChI is InChI=1S/C25H21FN2O2/c1-3-17-4-6-19(7-5-17)24(29)28-25(14-22(15-25)30-2)20-10-8-18(9-11-20)23-13-12-21(26)16-27-23/h1,4-13,16,22H,14-15H2,2H3,(H,28,29). The first-order chi connectivity index (χ1) is 14.5. The maximum absolute atomic E-state index is 13.1. The number of terminal acetylenes is 1. The monoisotopic (exact) mass is 400 g/mol. The molecule has 30 heavy (non-hydrogen) atoms. The van der Waals surface area contributed by atoms with Crippen LogP contribution in [0.5, 0.6) is 0 Å². The minimum Gasteiger partial charge on any atom is -0.381 e. The number of ether oxygens (including phenoxy) is 1. The Labute approximate surface area is 175 Å². The van der Waals surface area contributed by atoms with Crippen LogP contribution < -0.4 is 5.32 Å². The van der Waals surface area contributed by atoms with Crippen LogP contribution in [0, 0.1) is 18.2 Å². The highest BCUT2D eigenvalue weighted by Gasteiger charge is 2.47. The zero-order valence-corrected chi connectivity index (χ0v) is 16.6. The highest BCUT2D eigenvalue weighted by molar-refractivity contribution is 5.95. The van der Waals surface area contributed by atoms with Crippen molar-refractivity contribution in [1.82, 2.24) is 10.3 Å². The van der Waals surface area contributed by atoms with Crippen molar-refractivity contribution < 1.29 is 13.9 Å². The van der Waals surface area contributed by atoms with Gasteiger partial charge in [0.25, 0.3) is 5.91 Å². The first-order valence-corrected chi connectivity index (χ1v) is 9.67. The van der Waals surface area contributed by atoms with Gasteiger partial charge in [-0.1, -0.05) is 30.2 Å². The fourth-order valence-corrected chi connectivity index (χ4v) is 3.81. The molecule has 1 fully saturated rings. The van der Waals surface area contributed by atoms with E-state index in [9.17, 15) is 9.18 Å². The second-order valence-corrected chi connectivity index (χ2v) is 7.46. The quantitative estimate of drug-likeness (QED) is 0.650. The van der Waals surface area contributed by atoms with Crippen LogP contribution in [0.4, 0.5) is 4.39 Å². The van der Waals surface area contributed by atoms with Gasteiger partial charge in [0, 0.05) is 36.6 Å². The van der Waals surface area contributed by atoms with Crippen LogP contribution in [-0.4, -0.2) is 24.1 Å². The van der Waals surface area contributed by atoms with E-state index in [2.05, 4.69) is 16.2 Å². The van der Waals surface area contributed by atoms with Crippen LogP contribution in [-0.2, 0) is 10.3 Å². The van der Waals surface area contributed by atoms with Gasteiger partial charge in [0.2, 0.25) is 0 Å². The molecule has 0 saturated heterocycles. The van der Waals surface area contributed by atoms with Gasteiger partial charge in [-0.2, -0.15) is 0 Å². The number of nitrogens with zero attached hydrogens (tertiary/aromatic N) is 1. The fourth-order valence-electron chi connectivity index (χ4n) is 3.81. The third kappa shape index (κ3) is 3.83. The molecular formula is C25H21FN2O2. The molecule has 0 spiro atoms. The predicted octanol–water partition coefficient (Wildman–Crippen LogP) is 4.30. The lowest BCUT2D eigenvalue weighted by molar-refractivity contribution is -0.0300. The average molecular weight is 400 g/mol. The van der Waals surface area contributed by atoms with Crippen LogP contribution in [0.15, 0.2) is 66.9 Å². The molecule has 0 unspecified atom stereocenters. The molecular weight excluding hydrogens is 379 g/mol. The molecule has 1 aliphatic rings. The van der Waals surface area contributed by atoms with Crippen molar-refractivity contribution in [3.63, 3.8) is 0 Å². The van der Waals surface area contributed by atoms with Gasteiger partial charge in [-0.25, -0.2) is 4.39 Å². The van der Waals surface area contributed by atoms with Crippen molar-refractivity contribution in [2.75, 3.05) is 7.11 Å². The maximum atomic E-state index is 13.1. The molecule has 1 N–H and O–H groups in total. The lowest BCUT2D eigenvalue weighted by Gasteiger charge is -2.48. The molecule has 4 rings (SSSR count). The van der Waals surface area contributed by atoms with E-state index >= 15 is 0 Å². The summed E-state index contributed by atoms with van der Waals surface area (Å²) in [7, 11) is 1.68. The Balaban J connectivity index is 1.58. The Morgan fingerprint density at radius 3 is 2.40 bits per heavy atom. The summed E-state index contributed by atoms with van der Waals surface area (Å²) in [5.74, 6) is 2.03. The molecule has 1 amide bonds. The molecule has 0 radical (unpaired) electrons. The fraction of sp³-hybridized carbons (Fsp3) is 0.200. The molecule has 2 aromatic carbocycles. The third-order valence-corrected chi connectivity index (χ3v) is 5.61. The van der Waals surface area contributed by atoms with E-state index in [1.165, 1.54) is 12.3 Å². The van der Waals surface area contributed by atoms with Crippen LogP contribution in [0.2, 0.25) is 0 Å². The average Bonchev–Trinajstić information content (AvgIpc) is 2.76. The number of carbonyl (C=O) groups is 1. The van der Waals surface area contributed by atoms with Crippen molar-refractivity contribution in [1.29, 1.82) is 0 Å². The van der Waals surface area contributed by atoms with Gasteiger partial charge in [0.05, 0.1) is 23.5 Å². The number of halogens is 1. The van der Waals surface area contributed by atoms with Crippen molar-refractivity contribution in [3.8, 4) is 23.6 Å². The number of amides is 1. The van der Waals surface area contributed by atoms with Crippen molar-refractivity contribution in [3.05, 3.63) is 89.4 Å². The number of hydrogen-bond donors (Lipinski definition) is 1. The van der Waals surface area contributed by atoms with E-state index in [0.29, 0.717) is 24.1 Å². The van der Waals surface area contributed by atoms with Crippen molar-refractivity contribution in [2.45, 2.75) is 24.5 Å². The van der Waals surface area contributed by atoms with Gasteiger partial charge in [-0.05, 0) is 42.0 Å². The molecule has 0 atom stereocenters. The molecule has 1 saturated carbocycles. The Bertz CT molecular complexity index is 1080. The molecule has 5 heteroatoms. The Hall–Kier alpha value is -3.49. The number of hydrogen-bond acceptors (Lipinski definition) is 3. The molecule has 1 aliphatic carbocycles. The summed E-state index contributed by atoms with van der Waals surface area (Å²) in [4.78, 5) is 17.0. The number of aromatic nitrogens is 1. The highest BCUT2D eigenvalue weighted by Crippen LogP contribution is 2.43. The number of nitrogens with one attached hydrogen (secondary N) is 1. The predicted molar refractivity (Wildman–Crippen MR) is 113 cm³/mol. The van der Waals surface area contributed by atoms with E-state index in [1.54, 1.807) is 37.4 Å². The SMILES string of the molecule is C#Cc1ccc(C(=O)NC2(c3ccc(-c4ccc(F)cn4)cc3)CC(OC)C2)cc1. The summed E-state index contributed by atoms with van der Waals surface area (Å²) >= 11 is 0. The second kappa shape index (κ2) is 8.10. The Morgan fingerprint density at radius 1 is 1.13 bits per heavy atom. The number of pyridine rings is 1. The molecule has 3 aromatic rings. The maximum Gasteiger partial charge on any atom is 0.251 e. The molecule has 1 heterocycles. The lowest BCUT2D eigenvalue weighted by Crippen LogP contribution is -2.57. The summed E-state index contributed by atoms with van der Waals surface area (Å²) < 4.78 is 18.6. The smallest absolute Gasteiger partial charge is 0.251 e. The zero-order valence-electron chi connectivity index (χ0n) is 16.6. The molecule has 0 bridgehead atoms. The van der Waals surface area contributed by atoms with E-state index in [4.69, 9.17) is 11.2 Å². The largest absolute Gasteiger partial charge is 0.381 e. The number of carbonyl (C=O) groups excluding carboxylic acids is 1. The second-order valence-electron chi connectivity index (χ2n) is 7.46. The molecule has 1 aromatic heterocycles. The number of benzene rings is 2. The minimum atomic E-state index is -0.503. The Morgan fingerprint density at radius 2 is 1.83 bits per heavy atom. The molecule has 4 nitrogen and oxygen atoms in total. The van der Waals surface area contributed by atoms with Gasteiger partial charge in [0.15, 0.2) is 0 Å². The van der Waals surface area contributed by atoms with Crippen LogP contribution in [0.3, 0.4) is 0 Å². The first kappa shape index (κ1) is 19.8.